The third-order valence-electron chi connectivity index (χ3n) is 3.07. The van der Waals surface area contributed by atoms with E-state index < -0.39 is 0 Å². The van der Waals surface area contributed by atoms with Gasteiger partial charge in [0.1, 0.15) is 0 Å². The van der Waals surface area contributed by atoms with Crippen LogP contribution in [0.4, 0.5) is 5.69 Å². The number of carbonyl (C=O) groups excluding carboxylic acids is 1. The first-order chi connectivity index (χ1) is 7.70. The van der Waals surface area contributed by atoms with Gasteiger partial charge in [0.15, 0.2) is 0 Å². The topological polar surface area (TPSA) is 66.6 Å². The van der Waals surface area contributed by atoms with Gasteiger partial charge in [-0.25, -0.2) is 0 Å². The normalized spacial score (nSPS) is 20.1. The Balaban J connectivity index is 2.05. The Morgan fingerprint density at radius 3 is 2.62 bits per heavy atom. The maximum atomic E-state index is 11.0. The summed E-state index contributed by atoms with van der Waals surface area (Å²) in [6.45, 7) is 1.63. The summed E-state index contributed by atoms with van der Waals surface area (Å²) in [5.41, 5.74) is 7.27. The average Bonchev–Trinajstić information content (AvgIpc) is 2.78. The van der Waals surface area contributed by atoms with Gasteiger partial charge in [-0.3, -0.25) is 4.79 Å². The number of benzene rings is 1. The summed E-state index contributed by atoms with van der Waals surface area (Å²) in [4.78, 5) is 13.2. The highest BCUT2D eigenvalue weighted by molar-refractivity contribution is 5.78. The molecule has 0 radical (unpaired) electrons. The van der Waals surface area contributed by atoms with Gasteiger partial charge in [-0.15, -0.1) is 0 Å². The van der Waals surface area contributed by atoms with Crippen LogP contribution in [0.1, 0.15) is 12.0 Å². The van der Waals surface area contributed by atoms with Crippen molar-refractivity contribution in [1.29, 1.82) is 0 Å². The number of nitrogens with zero attached hydrogens (tertiary/aromatic N) is 1. The van der Waals surface area contributed by atoms with Crippen molar-refractivity contribution < 1.29 is 9.90 Å². The fourth-order valence-electron chi connectivity index (χ4n) is 2.04. The average molecular weight is 220 g/mol. The molecule has 0 saturated carbocycles. The Kier molecular flexibility index (Phi) is 3.10. The van der Waals surface area contributed by atoms with Crippen molar-refractivity contribution in [3.63, 3.8) is 0 Å². The molecule has 1 aromatic carbocycles. The molecule has 4 heteroatoms. The van der Waals surface area contributed by atoms with Crippen molar-refractivity contribution in [3.05, 3.63) is 29.8 Å². The van der Waals surface area contributed by atoms with E-state index in [1.807, 2.05) is 24.3 Å². The Bertz CT molecular complexity index is 375. The van der Waals surface area contributed by atoms with Gasteiger partial charge in [-0.1, -0.05) is 12.1 Å². The SMILES string of the molecule is NC(=O)C1CCN(c2ccc(CO)cc2)C1. The largest absolute Gasteiger partial charge is 0.392 e. The first-order valence-corrected chi connectivity index (χ1v) is 5.45. The summed E-state index contributed by atoms with van der Waals surface area (Å²) in [6.07, 6.45) is 0.830. The number of primary amides is 1. The highest BCUT2D eigenvalue weighted by Crippen LogP contribution is 2.23. The van der Waals surface area contributed by atoms with Crippen molar-refractivity contribution in [2.45, 2.75) is 13.0 Å². The zero-order valence-electron chi connectivity index (χ0n) is 9.10. The fourth-order valence-corrected chi connectivity index (χ4v) is 2.04. The predicted octanol–water partition coefficient (Wildman–Crippen LogP) is 0.490. The van der Waals surface area contributed by atoms with Crippen molar-refractivity contribution in [2.75, 3.05) is 18.0 Å². The van der Waals surface area contributed by atoms with Crippen LogP contribution in [0.15, 0.2) is 24.3 Å². The number of rotatable bonds is 3. The molecule has 86 valence electrons. The van der Waals surface area contributed by atoms with E-state index in [4.69, 9.17) is 10.8 Å². The summed E-state index contributed by atoms with van der Waals surface area (Å²) in [5.74, 6) is -0.244. The molecule has 0 aliphatic carbocycles. The van der Waals surface area contributed by atoms with E-state index in [-0.39, 0.29) is 18.4 Å². The molecule has 4 nitrogen and oxygen atoms in total. The number of anilines is 1. The number of carbonyl (C=O) groups is 1. The second kappa shape index (κ2) is 4.53. The standard InChI is InChI=1S/C12H16N2O2/c13-12(16)10-5-6-14(7-10)11-3-1-9(8-15)2-4-11/h1-4,10,15H,5-8H2,(H2,13,16). The summed E-state index contributed by atoms with van der Waals surface area (Å²) in [7, 11) is 0. The first-order valence-electron chi connectivity index (χ1n) is 5.45. The Labute approximate surface area is 94.7 Å². The van der Waals surface area contributed by atoms with Gasteiger partial charge >= 0.3 is 0 Å². The Morgan fingerprint density at radius 1 is 1.44 bits per heavy atom. The van der Waals surface area contributed by atoms with Gasteiger partial charge < -0.3 is 15.7 Å². The molecule has 0 spiro atoms. The van der Waals surface area contributed by atoms with Crippen LogP contribution in [0, 0.1) is 5.92 Å². The van der Waals surface area contributed by atoms with Crippen molar-refractivity contribution in [2.24, 2.45) is 11.7 Å². The van der Waals surface area contributed by atoms with Crippen LogP contribution in [0.25, 0.3) is 0 Å². The molecule has 2 rings (SSSR count). The quantitative estimate of drug-likeness (QED) is 0.779. The number of nitrogens with two attached hydrogens (primary N) is 1. The van der Waals surface area contributed by atoms with Crippen LogP contribution in [0.5, 0.6) is 0 Å². The minimum Gasteiger partial charge on any atom is -0.392 e. The highest BCUT2D eigenvalue weighted by Gasteiger charge is 2.26. The minimum atomic E-state index is -0.213. The molecule has 1 unspecified atom stereocenters. The second-order valence-corrected chi connectivity index (χ2v) is 4.16. The van der Waals surface area contributed by atoms with Crippen molar-refractivity contribution >= 4 is 11.6 Å². The lowest BCUT2D eigenvalue weighted by Crippen LogP contribution is -2.27. The highest BCUT2D eigenvalue weighted by atomic mass is 16.3. The molecular weight excluding hydrogens is 204 g/mol. The molecular formula is C12H16N2O2. The smallest absolute Gasteiger partial charge is 0.222 e. The molecule has 0 bridgehead atoms. The molecule has 1 amide bonds. The molecule has 1 fully saturated rings. The number of hydrogen-bond acceptors (Lipinski definition) is 3. The van der Waals surface area contributed by atoms with Gasteiger partial charge in [-0.05, 0) is 24.1 Å². The van der Waals surface area contributed by atoms with Crippen LogP contribution in [0.3, 0.4) is 0 Å². The van der Waals surface area contributed by atoms with E-state index >= 15 is 0 Å². The van der Waals surface area contributed by atoms with Gasteiger partial charge in [0.05, 0.1) is 12.5 Å². The minimum absolute atomic E-state index is 0.0301. The Morgan fingerprint density at radius 2 is 2.12 bits per heavy atom. The zero-order valence-corrected chi connectivity index (χ0v) is 9.10. The molecule has 1 heterocycles. The molecule has 16 heavy (non-hydrogen) atoms. The maximum absolute atomic E-state index is 11.0. The molecule has 0 aromatic heterocycles. The number of aliphatic hydroxyl groups is 1. The summed E-state index contributed by atoms with van der Waals surface area (Å²) in [6, 6.07) is 7.73. The lowest BCUT2D eigenvalue weighted by Gasteiger charge is -2.18. The number of aliphatic hydroxyl groups excluding tert-OH is 1. The van der Waals surface area contributed by atoms with Gasteiger partial charge in [0, 0.05) is 18.8 Å². The summed E-state index contributed by atoms with van der Waals surface area (Å²) >= 11 is 0. The fraction of sp³-hybridized carbons (Fsp3) is 0.417. The van der Waals surface area contributed by atoms with E-state index in [0.717, 1.165) is 24.2 Å². The first kappa shape index (κ1) is 11.0. The van der Waals surface area contributed by atoms with Gasteiger partial charge in [0.2, 0.25) is 5.91 Å². The van der Waals surface area contributed by atoms with E-state index in [1.165, 1.54) is 0 Å². The lowest BCUT2D eigenvalue weighted by atomic mass is 10.1. The van der Waals surface area contributed by atoms with Crippen molar-refractivity contribution in [1.82, 2.24) is 0 Å². The second-order valence-electron chi connectivity index (χ2n) is 4.16. The van der Waals surface area contributed by atoms with E-state index in [2.05, 4.69) is 4.90 Å². The molecule has 1 aliphatic rings. The van der Waals surface area contributed by atoms with Crippen LogP contribution in [-0.2, 0) is 11.4 Å². The summed E-state index contributed by atoms with van der Waals surface area (Å²) in [5, 5.41) is 8.93. The summed E-state index contributed by atoms with van der Waals surface area (Å²) < 4.78 is 0. The van der Waals surface area contributed by atoms with Crippen LogP contribution < -0.4 is 10.6 Å². The van der Waals surface area contributed by atoms with Crippen LogP contribution in [-0.4, -0.2) is 24.1 Å². The number of hydrogen-bond donors (Lipinski definition) is 2. The third kappa shape index (κ3) is 2.17. The van der Waals surface area contributed by atoms with Gasteiger partial charge in [-0.2, -0.15) is 0 Å². The van der Waals surface area contributed by atoms with Gasteiger partial charge in [0.25, 0.3) is 0 Å². The number of amides is 1. The molecule has 1 saturated heterocycles. The van der Waals surface area contributed by atoms with E-state index in [1.54, 1.807) is 0 Å². The van der Waals surface area contributed by atoms with E-state index in [9.17, 15) is 4.79 Å². The van der Waals surface area contributed by atoms with Crippen LogP contribution >= 0.6 is 0 Å². The molecule has 1 aromatic rings. The monoisotopic (exact) mass is 220 g/mol. The Hall–Kier alpha value is -1.55. The van der Waals surface area contributed by atoms with Crippen LogP contribution in [0.2, 0.25) is 0 Å². The van der Waals surface area contributed by atoms with Crippen molar-refractivity contribution in [3.8, 4) is 0 Å². The maximum Gasteiger partial charge on any atom is 0.222 e. The predicted molar refractivity (Wildman–Crippen MR) is 61.9 cm³/mol. The molecule has 3 N–H and O–H groups in total. The molecule has 1 atom stereocenters. The lowest BCUT2D eigenvalue weighted by molar-refractivity contribution is -0.121. The molecule has 1 aliphatic heterocycles. The zero-order chi connectivity index (χ0) is 11.5. The third-order valence-corrected chi connectivity index (χ3v) is 3.07. The van der Waals surface area contributed by atoms with E-state index in [0.29, 0.717) is 6.54 Å².